The minimum Gasteiger partial charge on any atom is -0.344 e. The number of nitrogens with zero attached hydrogens (tertiary/aromatic N) is 4. The highest BCUT2D eigenvalue weighted by Gasteiger charge is 2.22. The van der Waals surface area contributed by atoms with Crippen molar-refractivity contribution in [2.24, 2.45) is 0 Å². The van der Waals surface area contributed by atoms with Crippen molar-refractivity contribution in [3.05, 3.63) is 77.1 Å². The molecule has 1 amide bonds. The van der Waals surface area contributed by atoms with E-state index in [0.717, 1.165) is 36.9 Å². The molecule has 0 saturated carbocycles. The lowest BCUT2D eigenvalue weighted by atomic mass is 10.00. The lowest BCUT2D eigenvalue weighted by Gasteiger charge is -2.31. The summed E-state index contributed by atoms with van der Waals surface area (Å²) < 4.78 is 4.55. The molecule has 0 N–H and O–H groups in total. The van der Waals surface area contributed by atoms with Crippen LogP contribution >= 0.6 is 11.5 Å². The van der Waals surface area contributed by atoms with Gasteiger partial charge >= 0.3 is 0 Å². The molecule has 0 radical (unpaired) electrons. The number of hydrogen-bond acceptors (Lipinski definition) is 5. The summed E-state index contributed by atoms with van der Waals surface area (Å²) in [7, 11) is 0. The average Bonchev–Trinajstić information content (AvgIpc) is 3.21. The van der Waals surface area contributed by atoms with Crippen LogP contribution in [0.15, 0.2) is 54.6 Å². The maximum atomic E-state index is 12.9. The predicted octanol–water partition coefficient (Wildman–Crippen LogP) is 4.32. The maximum Gasteiger partial charge on any atom is 0.224 e. The number of fused-ring (bicyclic) bond motifs is 1. The Morgan fingerprint density at radius 3 is 2.60 bits per heavy atom. The number of aromatic nitrogens is 2. The minimum absolute atomic E-state index is 0.212. The second-order valence-corrected chi connectivity index (χ2v) is 8.76. The summed E-state index contributed by atoms with van der Waals surface area (Å²) >= 11 is 1.42. The summed E-state index contributed by atoms with van der Waals surface area (Å²) in [6.07, 6.45) is 2.17. The largest absolute Gasteiger partial charge is 0.344 e. The molecule has 0 aliphatic carbocycles. The summed E-state index contributed by atoms with van der Waals surface area (Å²) in [6.45, 7) is 6.46. The summed E-state index contributed by atoms with van der Waals surface area (Å²) in [5, 5.41) is 0.896. The number of benzene rings is 2. The van der Waals surface area contributed by atoms with Crippen LogP contribution in [0.5, 0.6) is 0 Å². The van der Waals surface area contributed by atoms with Crippen LogP contribution < -0.4 is 4.90 Å². The van der Waals surface area contributed by atoms with Crippen LogP contribution in [0.4, 0.5) is 5.13 Å². The second-order valence-electron chi connectivity index (χ2n) is 8.03. The predicted molar refractivity (Wildman–Crippen MR) is 122 cm³/mol. The van der Waals surface area contributed by atoms with E-state index in [-0.39, 0.29) is 11.9 Å². The quantitative estimate of drug-likeness (QED) is 0.571. The Labute approximate surface area is 182 Å². The van der Waals surface area contributed by atoms with Gasteiger partial charge in [-0.05, 0) is 37.0 Å². The molecule has 0 bridgehead atoms. The summed E-state index contributed by atoms with van der Waals surface area (Å²) in [5.41, 5.74) is 3.84. The zero-order chi connectivity index (χ0) is 20.9. The first-order chi connectivity index (χ1) is 14.6. The standard InChI is InChI=1S/C24H28N4OS/c1-18(2)28(24-25-22(26-30-24)16-19-8-4-3-5-9-19)15-13-23(29)27-14-12-20-10-6-7-11-21(20)17-27/h3-11,18H,12-17H2,1-2H3. The lowest BCUT2D eigenvalue weighted by Crippen LogP contribution is -2.39. The van der Waals surface area contributed by atoms with E-state index in [0.29, 0.717) is 13.0 Å². The summed E-state index contributed by atoms with van der Waals surface area (Å²) in [6, 6.07) is 19.0. The van der Waals surface area contributed by atoms with Gasteiger partial charge in [-0.2, -0.15) is 4.37 Å². The molecule has 0 atom stereocenters. The van der Waals surface area contributed by atoms with Gasteiger partial charge < -0.3 is 9.80 Å². The smallest absolute Gasteiger partial charge is 0.224 e. The molecular weight excluding hydrogens is 392 g/mol. The van der Waals surface area contributed by atoms with Gasteiger partial charge in [-0.15, -0.1) is 0 Å². The zero-order valence-electron chi connectivity index (χ0n) is 17.6. The Balaban J connectivity index is 1.37. The highest BCUT2D eigenvalue weighted by atomic mass is 32.1. The van der Waals surface area contributed by atoms with Gasteiger partial charge in [-0.25, -0.2) is 4.98 Å². The van der Waals surface area contributed by atoms with Gasteiger partial charge in [0.1, 0.15) is 5.82 Å². The highest BCUT2D eigenvalue weighted by molar-refractivity contribution is 7.09. The second kappa shape index (κ2) is 9.39. The van der Waals surface area contributed by atoms with E-state index >= 15 is 0 Å². The topological polar surface area (TPSA) is 49.3 Å². The first-order valence-electron chi connectivity index (χ1n) is 10.6. The van der Waals surface area contributed by atoms with Crippen LogP contribution in [0.25, 0.3) is 0 Å². The van der Waals surface area contributed by atoms with E-state index in [9.17, 15) is 4.79 Å². The number of carbonyl (C=O) groups is 1. The molecule has 4 rings (SSSR count). The van der Waals surface area contributed by atoms with Crippen LogP contribution in [0.2, 0.25) is 0 Å². The van der Waals surface area contributed by atoms with Crippen LogP contribution in [-0.2, 0) is 24.2 Å². The van der Waals surface area contributed by atoms with Crippen molar-refractivity contribution in [1.82, 2.24) is 14.3 Å². The molecule has 0 saturated heterocycles. The van der Waals surface area contributed by atoms with Gasteiger partial charge in [0.05, 0.1) is 0 Å². The molecule has 30 heavy (non-hydrogen) atoms. The fraction of sp³-hybridized carbons (Fsp3) is 0.375. The number of amides is 1. The van der Waals surface area contributed by atoms with Crippen LogP contribution in [0, 0.1) is 0 Å². The first kappa shape index (κ1) is 20.5. The Morgan fingerprint density at radius 1 is 1.10 bits per heavy atom. The Hall–Kier alpha value is -2.73. The molecule has 2 aromatic carbocycles. The molecule has 1 aromatic heterocycles. The van der Waals surface area contributed by atoms with Gasteiger partial charge in [0, 0.05) is 50.1 Å². The van der Waals surface area contributed by atoms with Gasteiger partial charge in [0.2, 0.25) is 11.0 Å². The number of carbonyl (C=O) groups excluding carboxylic acids is 1. The van der Waals surface area contributed by atoms with Gasteiger partial charge in [0.25, 0.3) is 0 Å². The van der Waals surface area contributed by atoms with E-state index in [1.807, 2.05) is 23.1 Å². The molecular formula is C24H28N4OS. The van der Waals surface area contributed by atoms with Crippen LogP contribution in [-0.4, -0.2) is 39.3 Å². The number of anilines is 1. The van der Waals surface area contributed by atoms with Crippen molar-refractivity contribution < 1.29 is 4.79 Å². The molecule has 6 heteroatoms. The van der Waals surface area contributed by atoms with Crippen LogP contribution in [0.3, 0.4) is 0 Å². The first-order valence-corrected chi connectivity index (χ1v) is 11.3. The Bertz CT molecular complexity index is 986. The highest BCUT2D eigenvalue weighted by Crippen LogP contribution is 2.23. The molecule has 156 valence electrons. The van der Waals surface area contributed by atoms with E-state index in [4.69, 9.17) is 4.98 Å². The average molecular weight is 421 g/mol. The van der Waals surface area contributed by atoms with E-state index in [1.165, 1.54) is 28.2 Å². The molecule has 1 aliphatic rings. The monoisotopic (exact) mass is 420 g/mol. The zero-order valence-corrected chi connectivity index (χ0v) is 18.4. The molecule has 1 aliphatic heterocycles. The molecule has 3 aromatic rings. The molecule has 0 unspecified atom stereocenters. The van der Waals surface area contributed by atoms with Gasteiger partial charge in [-0.3, -0.25) is 4.79 Å². The fourth-order valence-electron chi connectivity index (χ4n) is 3.87. The summed E-state index contributed by atoms with van der Waals surface area (Å²) in [4.78, 5) is 21.8. The van der Waals surface area contributed by atoms with E-state index < -0.39 is 0 Å². The normalized spacial score (nSPS) is 13.4. The van der Waals surface area contributed by atoms with Crippen molar-refractivity contribution >= 4 is 22.6 Å². The number of hydrogen-bond donors (Lipinski definition) is 0. The van der Waals surface area contributed by atoms with Crippen molar-refractivity contribution in [3.8, 4) is 0 Å². The molecule has 2 heterocycles. The Kier molecular flexibility index (Phi) is 6.43. The van der Waals surface area contributed by atoms with Crippen molar-refractivity contribution in [2.75, 3.05) is 18.0 Å². The maximum absolute atomic E-state index is 12.9. The third kappa shape index (κ3) is 4.87. The molecule has 5 nitrogen and oxygen atoms in total. The number of rotatable bonds is 7. The van der Waals surface area contributed by atoms with Crippen molar-refractivity contribution in [1.29, 1.82) is 0 Å². The molecule has 0 fully saturated rings. The lowest BCUT2D eigenvalue weighted by molar-refractivity contribution is -0.131. The SMILES string of the molecule is CC(C)N(CCC(=O)N1CCc2ccccc2C1)c1nc(Cc2ccccc2)ns1. The van der Waals surface area contributed by atoms with Gasteiger partial charge in [-0.1, -0.05) is 54.6 Å². The van der Waals surface area contributed by atoms with E-state index in [1.54, 1.807) is 0 Å². The fourth-order valence-corrected chi connectivity index (χ4v) is 4.71. The van der Waals surface area contributed by atoms with Gasteiger partial charge in [0.15, 0.2) is 0 Å². The van der Waals surface area contributed by atoms with E-state index in [2.05, 4.69) is 59.5 Å². The molecule has 0 spiro atoms. The Morgan fingerprint density at radius 2 is 1.83 bits per heavy atom. The minimum atomic E-state index is 0.212. The van der Waals surface area contributed by atoms with Crippen LogP contribution in [0.1, 0.15) is 42.8 Å². The van der Waals surface area contributed by atoms with Crippen molar-refractivity contribution in [2.45, 2.75) is 45.7 Å². The third-order valence-electron chi connectivity index (χ3n) is 5.58. The third-order valence-corrected chi connectivity index (χ3v) is 6.37. The summed E-state index contributed by atoms with van der Waals surface area (Å²) in [5.74, 6) is 1.05. The van der Waals surface area contributed by atoms with Crippen molar-refractivity contribution in [3.63, 3.8) is 0 Å².